The molecule has 0 saturated carbocycles. The van der Waals surface area contributed by atoms with Crippen LogP contribution < -0.4 is 5.32 Å². The minimum absolute atomic E-state index is 0.747. The van der Waals surface area contributed by atoms with Crippen molar-refractivity contribution in [2.75, 3.05) is 13.1 Å². The summed E-state index contributed by atoms with van der Waals surface area (Å²) in [5, 5.41) is 3.40. The molecule has 0 radical (unpaired) electrons. The van der Waals surface area contributed by atoms with E-state index >= 15 is 0 Å². The van der Waals surface area contributed by atoms with Crippen molar-refractivity contribution < 1.29 is 0 Å². The molecule has 108 valence electrons. The normalized spacial score (nSPS) is 12.9. The summed E-state index contributed by atoms with van der Waals surface area (Å²) in [5.74, 6) is 1.56. The van der Waals surface area contributed by atoms with E-state index in [1.54, 1.807) is 0 Å². The van der Waals surface area contributed by atoms with Crippen LogP contribution in [0.1, 0.15) is 51.7 Å². The maximum Gasteiger partial charge on any atom is -0.00465 e. The molecule has 1 N–H and O–H groups in total. The Morgan fingerprint density at radius 1 is 0.947 bits per heavy atom. The number of aryl methyl sites for hydroxylation is 1. The minimum Gasteiger partial charge on any atom is -0.317 e. The van der Waals surface area contributed by atoms with E-state index in [4.69, 9.17) is 0 Å². The van der Waals surface area contributed by atoms with Gasteiger partial charge in [0.1, 0.15) is 0 Å². The molecular weight excluding hydrogens is 230 g/mol. The van der Waals surface area contributed by atoms with Crippen LogP contribution in [0.25, 0.3) is 0 Å². The van der Waals surface area contributed by atoms with Crippen LogP contribution in [0, 0.1) is 11.8 Å². The SMILES string of the molecule is CCNCCC(C)CCc1ccc(CC(C)C)cc1. The molecule has 0 aromatic heterocycles. The molecule has 1 heteroatoms. The summed E-state index contributed by atoms with van der Waals surface area (Å²) in [6.07, 6.45) is 5.00. The lowest BCUT2D eigenvalue weighted by Gasteiger charge is -2.12. The van der Waals surface area contributed by atoms with Gasteiger partial charge in [0.25, 0.3) is 0 Å². The summed E-state index contributed by atoms with van der Waals surface area (Å²) in [6, 6.07) is 9.24. The molecule has 1 unspecified atom stereocenters. The molecule has 0 aliphatic heterocycles. The van der Waals surface area contributed by atoms with E-state index in [2.05, 4.69) is 57.3 Å². The first-order chi connectivity index (χ1) is 9.11. The highest BCUT2D eigenvalue weighted by atomic mass is 14.8. The first-order valence-electron chi connectivity index (χ1n) is 7.90. The second kappa shape index (κ2) is 9.14. The van der Waals surface area contributed by atoms with Crippen LogP contribution >= 0.6 is 0 Å². The second-order valence-corrected chi connectivity index (χ2v) is 6.20. The van der Waals surface area contributed by atoms with Gasteiger partial charge < -0.3 is 5.32 Å². The van der Waals surface area contributed by atoms with Gasteiger partial charge in [-0.25, -0.2) is 0 Å². The fraction of sp³-hybridized carbons (Fsp3) is 0.667. The van der Waals surface area contributed by atoms with Crippen molar-refractivity contribution in [2.45, 2.75) is 53.4 Å². The molecule has 1 rings (SSSR count). The largest absolute Gasteiger partial charge is 0.317 e. The van der Waals surface area contributed by atoms with Gasteiger partial charge in [-0.15, -0.1) is 0 Å². The summed E-state index contributed by atoms with van der Waals surface area (Å²) in [4.78, 5) is 0. The molecule has 0 saturated heterocycles. The third-order valence-corrected chi connectivity index (χ3v) is 3.66. The molecule has 0 amide bonds. The molecule has 0 aliphatic rings. The summed E-state index contributed by atoms with van der Waals surface area (Å²) in [7, 11) is 0. The van der Waals surface area contributed by atoms with Gasteiger partial charge in [-0.1, -0.05) is 52.0 Å². The summed E-state index contributed by atoms with van der Waals surface area (Å²) < 4.78 is 0. The Balaban J connectivity index is 2.29. The molecule has 19 heavy (non-hydrogen) atoms. The average Bonchev–Trinajstić information content (AvgIpc) is 2.37. The molecule has 1 aromatic carbocycles. The maximum atomic E-state index is 3.40. The lowest BCUT2D eigenvalue weighted by molar-refractivity contribution is 0.474. The summed E-state index contributed by atoms with van der Waals surface area (Å²) >= 11 is 0. The zero-order chi connectivity index (χ0) is 14.1. The lowest BCUT2D eigenvalue weighted by Crippen LogP contribution is -2.16. The van der Waals surface area contributed by atoms with Crippen LogP contribution in [0.2, 0.25) is 0 Å². The lowest BCUT2D eigenvalue weighted by atomic mass is 9.96. The summed E-state index contributed by atoms with van der Waals surface area (Å²) in [5.41, 5.74) is 2.96. The van der Waals surface area contributed by atoms with E-state index in [-0.39, 0.29) is 0 Å². The third kappa shape index (κ3) is 7.37. The van der Waals surface area contributed by atoms with Crippen LogP contribution in [0.15, 0.2) is 24.3 Å². The Hall–Kier alpha value is -0.820. The van der Waals surface area contributed by atoms with E-state index in [1.807, 2.05) is 0 Å². The number of hydrogen-bond donors (Lipinski definition) is 1. The van der Waals surface area contributed by atoms with Gasteiger partial charge in [-0.2, -0.15) is 0 Å². The van der Waals surface area contributed by atoms with Gasteiger partial charge in [-0.05, 0) is 61.7 Å². The van der Waals surface area contributed by atoms with Crippen molar-refractivity contribution >= 4 is 0 Å². The zero-order valence-corrected chi connectivity index (χ0v) is 13.2. The number of benzene rings is 1. The van der Waals surface area contributed by atoms with Crippen molar-refractivity contribution in [1.82, 2.24) is 5.32 Å². The van der Waals surface area contributed by atoms with Crippen molar-refractivity contribution in [3.63, 3.8) is 0 Å². The molecule has 0 aliphatic carbocycles. The van der Waals surface area contributed by atoms with Gasteiger partial charge >= 0.3 is 0 Å². The number of rotatable bonds is 9. The first kappa shape index (κ1) is 16.2. The van der Waals surface area contributed by atoms with Crippen molar-refractivity contribution in [3.05, 3.63) is 35.4 Å². The highest BCUT2D eigenvalue weighted by Gasteiger charge is 2.03. The average molecular weight is 261 g/mol. The van der Waals surface area contributed by atoms with Gasteiger partial charge in [0.05, 0.1) is 0 Å². The Labute approximate surface area is 119 Å². The van der Waals surface area contributed by atoms with E-state index < -0.39 is 0 Å². The standard InChI is InChI=1S/C18H31N/c1-5-19-13-12-16(4)6-7-17-8-10-18(11-9-17)14-15(2)3/h8-11,15-16,19H,5-7,12-14H2,1-4H3. The Morgan fingerprint density at radius 3 is 2.16 bits per heavy atom. The third-order valence-electron chi connectivity index (χ3n) is 3.66. The van der Waals surface area contributed by atoms with Crippen LogP contribution in [0.5, 0.6) is 0 Å². The number of hydrogen-bond acceptors (Lipinski definition) is 1. The molecule has 0 bridgehead atoms. The fourth-order valence-corrected chi connectivity index (χ4v) is 2.40. The van der Waals surface area contributed by atoms with Crippen molar-refractivity contribution in [2.24, 2.45) is 11.8 Å². The van der Waals surface area contributed by atoms with Crippen LogP contribution in [0.4, 0.5) is 0 Å². The van der Waals surface area contributed by atoms with Crippen molar-refractivity contribution in [1.29, 1.82) is 0 Å². The first-order valence-corrected chi connectivity index (χ1v) is 7.90. The quantitative estimate of drug-likeness (QED) is 0.647. The molecule has 0 fully saturated rings. The molecule has 1 atom stereocenters. The van der Waals surface area contributed by atoms with Crippen LogP contribution in [-0.4, -0.2) is 13.1 Å². The summed E-state index contributed by atoms with van der Waals surface area (Å²) in [6.45, 7) is 11.3. The zero-order valence-electron chi connectivity index (χ0n) is 13.2. The fourth-order valence-electron chi connectivity index (χ4n) is 2.40. The predicted octanol–water partition coefficient (Wildman–Crippen LogP) is 4.45. The Kier molecular flexibility index (Phi) is 7.81. The van der Waals surface area contributed by atoms with Crippen LogP contribution in [0.3, 0.4) is 0 Å². The van der Waals surface area contributed by atoms with Gasteiger partial charge in [0.2, 0.25) is 0 Å². The van der Waals surface area contributed by atoms with E-state index in [0.717, 1.165) is 24.9 Å². The monoisotopic (exact) mass is 261 g/mol. The highest BCUT2D eigenvalue weighted by Crippen LogP contribution is 2.14. The van der Waals surface area contributed by atoms with Gasteiger partial charge in [-0.3, -0.25) is 0 Å². The molecule has 1 nitrogen and oxygen atoms in total. The number of nitrogens with one attached hydrogen (secondary N) is 1. The smallest absolute Gasteiger partial charge is 0.00465 e. The molecule has 1 aromatic rings. The minimum atomic E-state index is 0.747. The molecule has 0 spiro atoms. The van der Waals surface area contributed by atoms with Crippen molar-refractivity contribution in [3.8, 4) is 0 Å². The van der Waals surface area contributed by atoms with E-state index in [1.165, 1.54) is 36.8 Å². The Bertz CT molecular complexity index is 326. The Morgan fingerprint density at radius 2 is 1.58 bits per heavy atom. The van der Waals surface area contributed by atoms with Crippen LogP contribution in [-0.2, 0) is 12.8 Å². The predicted molar refractivity (Wildman–Crippen MR) is 85.6 cm³/mol. The van der Waals surface area contributed by atoms with Gasteiger partial charge in [0.15, 0.2) is 0 Å². The van der Waals surface area contributed by atoms with Gasteiger partial charge in [0, 0.05) is 0 Å². The molecular formula is C18H31N. The molecule has 0 heterocycles. The van der Waals surface area contributed by atoms with E-state index in [0.29, 0.717) is 0 Å². The second-order valence-electron chi connectivity index (χ2n) is 6.20. The highest BCUT2D eigenvalue weighted by molar-refractivity contribution is 5.22. The van der Waals surface area contributed by atoms with E-state index in [9.17, 15) is 0 Å². The maximum absolute atomic E-state index is 3.40. The topological polar surface area (TPSA) is 12.0 Å².